The van der Waals surface area contributed by atoms with E-state index in [1.54, 1.807) is 0 Å². The second kappa shape index (κ2) is 9.39. The minimum Gasteiger partial charge on any atom is -0.309 e. The van der Waals surface area contributed by atoms with Gasteiger partial charge in [-0.2, -0.15) is 0 Å². The molecule has 0 spiro atoms. The fourth-order valence-electron chi connectivity index (χ4n) is 7.30. The third kappa shape index (κ3) is 3.54. The normalized spacial score (nSPS) is 12.0. The van der Waals surface area contributed by atoms with E-state index < -0.39 is 0 Å². The number of benzene rings is 6. The summed E-state index contributed by atoms with van der Waals surface area (Å²) in [5.41, 5.74) is 9.39. The average molecular weight is 592 g/mol. The minimum atomic E-state index is 1.12. The monoisotopic (exact) mass is 591 g/mol. The molecule has 0 aliphatic heterocycles. The molecule has 210 valence electrons. The Kier molecular flexibility index (Phi) is 5.16. The summed E-state index contributed by atoms with van der Waals surface area (Å²) >= 11 is 1.86. The summed E-state index contributed by atoms with van der Waals surface area (Å²) in [6, 6.07) is 50.6. The highest BCUT2D eigenvalue weighted by Crippen LogP contribution is 2.43. The molecule has 0 unspecified atom stereocenters. The summed E-state index contributed by atoms with van der Waals surface area (Å²) in [4.78, 5) is 4.57. The lowest BCUT2D eigenvalue weighted by Crippen LogP contribution is -1.96. The number of para-hydroxylation sites is 2. The lowest BCUT2D eigenvalue weighted by Gasteiger charge is -2.12. The van der Waals surface area contributed by atoms with Crippen molar-refractivity contribution in [3.8, 4) is 22.5 Å². The van der Waals surface area contributed by atoms with Gasteiger partial charge in [0.2, 0.25) is 0 Å². The molecule has 4 aromatic heterocycles. The van der Waals surface area contributed by atoms with Gasteiger partial charge in [-0.3, -0.25) is 4.98 Å². The highest BCUT2D eigenvalue weighted by molar-refractivity contribution is 7.26. The zero-order valence-corrected chi connectivity index (χ0v) is 25.0. The third-order valence-electron chi connectivity index (χ3n) is 9.19. The summed E-state index contributed by atoms with van der Waals surface area (Å²) in [6.07, 6.45) is 3.92. The van der Waals surface area contributed by atoms with E-state index >= 15 is 0 Å². The number of hydrogen-bond acceptors (Lipinski definition) is 2. The zero-order chi connectivity index (χ0) is 29.5. The van der Waals surface area contributed by atoms with E-state index in [1.165, 1.54) is 69.4 Å². The van der Waals surface area contributed by atoms with Gasteiger partial charge in [-0.15, -0.1) is 11.3 Å². The third-order valence-corrected chi connectivity index (χ3v) is 10.3. The lowest BCUT2D eigenvalue weighted by molar-refractivity contribution is 1.16. The van der Waals surface area contributed by atoms with Gasteiger partial charge in [-0.1, -0.05) is 78.9 Å². The molecule has 0 atom stereocenters. The molecular weight excluding hydrogens is 567 g/mol. The van der Waals surface area contributed by atoms with Gasteiger partial charge in [0.15, 0.2) is 0 Å². The van der Waals surface area contributed by atoms with Gasteiger partial charge in [0.05, 0.1) is 28.3 Å². The Morgan fingerprint density at radius 3 is 1.76 bits per heavy atom. The molecule has 10 rings (SSSR count). The number of thiophene rings is 1. The number of hydrogen-bond donors (Lipinski definition) is 0. The quantitative estimate of drug-likeness (QED) is 0.200. The highest BCUT2D eigenvalue weighted by Gasteiger charge is 2.18. The van der Waals surface area contributed by atoms with Crippen molar-refractivity contribution in [3.05, 3.63) is 152 Å². The molecule has 0 N–H and O–H groups in total. The molecule has 0 aliphatic carbocycles. The van der Waals surface area contributed by atoms with Crippen molar-refractivity contribution in [2.75, 3.05) is 0 Å². The van der Waals surface area contributed by atoms with E-state index in [-0.39, 0.29) is 0 Å². The van der Waals surface area contributed by atoms with Crippen LogP contribution in [0.3, 0.4) is 0 Å². The standard InChI is InChI=1S/C41H25N3S/c1-4-16-34-30(13-1)31-14-2-5-17-35(31)43(34)28-11-7-9-26(23-28)27-10-8-12-29(24-27)44-36-19-20-39-41(33-15-3-6-18-38(33)45-39)40(36)32-21-22-42-25-37(32)44/h1-25H. The predicted octanol–water partition coefficient (Wildman–Crippen LogP) is 11.3. The van der Waals surface area contributed by atoms with Crippen LogP contribution in [0.4, 0.5) is 0 Å². The van der Waals surface area contributed by atoms with Gasteiger partial charge < -0.3 is 9.13 Å². The van der Waals surface area contributed by atoms with Crippen LogP contribution < -0.4 is 0 Å². The molecule has 6 aromatic carbocycles. The second-order valence-corrected chi connectivity index (χ2v) is 12.7. The largest absolute Gasteiger partial charge is 0.309 e. The van der Waals surface area contributed by atoms with Crippen LogP contribution in [-0.4, -0.2) is 14.1 Å². The van der Waals surface area contributed by atoms with E-state index in [2.05, 4.69) is 154 Å². The van der Waals surface area contributed by atoms with E-state index in [0.717, 1.165) is 16.9 Å². The van der Waals surface area contributed by atoms with Gasteiger partial charge in [0.1, 0.15) is 0 Å². The van der Waals surface area contributed by atoms with Crippen molar-refractivity contribution in [1.82, 2.24) is 14.1 Å². The minimum absolute atomic E-state index is 1.12. The maximum Gasteiger partial charge on any atom is 0.0724 e. The Morgan fingerprint density at radius 2 is 1.04 bits per heavy atom. The number of fused-ring (bicyclic) bond motifs is 10. The molecule has 4 heteroatoms. The molecule has 0 radical (unpaired) electrons. The molecule has 4 heterocycles. The average Bonchev–Trinajstić information content (AvgIpc) is 3.76. The van der Waals surface area contributed by atoms with Crippen LogP contribution in [0, 0.1) is 0 Å². The fourth-order valence-corrected chi connectivity index (χ4v) is 8.41. The van der Waals surface area contributed by atoms with Crippen LogP contribution in [0.1, 0.15) is 0 Å². The molecular formula is C41H25N3S. The number of pyridine rings is 1. The summed E-state index contributed by atoms with van der Waals surface area (Å²) in [6.45, 7) is 0. The Hall–Kier alpha value is -5.71. The van der Waals surface area contributed by atoms with Gasteiger partial charge in [0.25, 0.3) is 0 Å². The zero-order valence-electron chi connectivity index (χ0n) is 24.2. The topological polar surface area (TPSA) is 22.8 Å². The Labute approximate surface area is 262 Å². The Morgan fingerprint density at radius 1 is 0.422 bits per heavy atom. The lowest BCUT2D eigenvalue weighted by atomic mass is 10.0. The van der Waals surface area contributed by atoms with Crippen molar-refractivity contribution in [1.29, 1.82) is 0 Å². The molecule has 3 nitrogen and oxygen atoms in total. The molecule has 45 heavy (non-hydrogen) atoms. The first-order valence-electron chi connectivity index (χ1n) is 15.2. The first-order valence-corrected chi connectivity index (χ1v) is 16.0. The van der Waals surface area contributed by atoms with E-state index in [4.69, 9.17) is 0 Å². The summed E-state index contributed by atoms with van der Waals surface area (Å²) in [5.74, 6) is 0. The summed E-state index contributed by atoms with van der Waals surface area (Å²) < 4.78 is 7.40. The molecule has 0 saturated carbocycles. The van der Waals surface area contributed by atoms with Crippen molar-refractivity contribution in [2.24, 2.45) is 0 Å². The van der Waals surface area contributed by atoms with E-state index in [9.17, 15) is 0 Å². The van der Waals surface area contributed by atoms with Crippen molar-refractivity contribution >= 4 is 75.1 Å². The Balaban J connectivity index is 1.18. The van der Waals surface area contributed by atoms with Crippen LogP contribution >= 0.6 is 11.3 Å². The van der Waals surface area contributed by atoms with Crippen molar-refractivity contribution < 1.29 is 0 Å². The molecule has 0 saturated heterocycles. The second-order valence-electron chi connectivity index (χ2n) is 11.6. The predicted molar refractivity (Wildman–Crippen MR) is 191 cm³/mol. The molecule has 10 aromatic rings. The maximum absolute atomic E-state index is 4.57. The first kappa shape index (κ1) is 24.7. The molecule has 0 aliphatic rings. The van der Waals surface area contributed by atoms with Gasteiger partial charge in [-0.05, 0) is 71.8 Å². The van der Waals surface area contributed by atoms with E-state index in [0.29, 0.717) is 0 Å². The molecule has 0 fully saturated rings. The number of aromatic nitrogens is 3. The number of nitrogens with zero attached hydrogens (tertiary/aromatic N) is 3. The Bertz CT molecular complexity index is 2720. The number of rotatable bonds is 3. The van der Waals surface area contributed by atoms with E-state index in [1.807, 2.05) is 23.7 Å². The maximum atomic E-state index is 4.57. The van der Waals surface area contributed by atoms with Gasteiger partial charge in [0, 0.05) is 59.3 Å². The van der Waals surface area contributed by atoms with Crippen LogP contribution in [0.15, 0.2) is 152 Å². The van der Waals surface area contributed by atoms with Crippen molar-refractivity contribution in [3.63, 3.8) is 0 Å². The highest BCUT2D eigenvalue weighted by atomic mass is 32.1. The summed E-state index contributed by atoms with van der Waals surface area (Å²) in [7, 11) is 0. The van der Waals surface area contributed by atoms with Crippen molar-refractivity contribution in [2.45, 2.75) is 0 Å². The van der Waals surface area contributed by atoms with Gasteiger partial charge >= 0.3 is 0 Å². The SMILES string of the molecule is c1cc(-c2cccc(-n3c4cnccc4c4c5c(ccc43)sc3ccccc35)c2)cc(-n2c3ccccc3c3ccccc32)c1. The van der Waals surface area contributed by atoms with Crippen LogP contribution in [0.25, 0.3) is 86.3 Å². The van der Waals surface area contributed by atoms with Crippen LogP contribution in [0.5, 0.6) is 0 Å². The first-order chi connectivity index (χ1) is 22.3. The molecule has 0 bridgehead atoms. The fraction of sp³-hybridized carbons (Fsp3) is 0. The molecule has 0 amide bonds. The van der Waals surface area contributed by atoms with Gasteiger partial charge in [-0.25, -0.2) is 0 Å². The van der Waals surface area contributed by atoms with Crippen LogP contribution in [0.2, 0.25) is 0 Å². The van der Waals surface area contributed by atoms with Crippen LogP contribution in [-0.2, 0) is 0 Å². The smallest absolute Gasteiger partial charge is 0.0724 e. The summed E-state index contributed by atoms with van der Waals surface area (Å²) in [5, 5.41) is 7.71.